The molecule has 19 heavy (non-hydrogen) atoms. The van der Waals surface area contributed by atoms with Crippen LogP contribution in [0.25, 0.3) is 0 Å². The highest BCUT2D eigenvalue weighted by Gasteiger charge is 2.32. The zero-order valence-electron chi connectivity index (χ0n) is 13.9. The minimum Gasteiger partial charge on any atom is -0.312 e. The molecule has 1 aliphatic rings. The van der Waals surface area contributed by atoms with E-state index in [-0.39, 0.29) is 0 Å². The number of hydrogen-bond donors (Lipinski definition) is 1. The molecule has 0 amide bonds. The van der Waals surface area contributed by atoms with Crippen molar-refractivity contribution in [2.75, 3.05) is 13.1 Å². The van der Waals surface area contributed by atoms with Crippen molar-refractivity contribution in [1.82, 2.24) is 10.2 Å². The minimum absolute atomic E-state index is 0.683. The number of rotatable bonds is 8. The second-order valence-corrected chi connectivity index (χ2v) is 6.55. The lowest BCUT2D eigenvalue weighted by atomic mass is 9.89. The Bertz CT molecular complexity index is 229. The maximum Gasteiger partial charge on any atom is 0.0249 e. The van der Waals surface area contributed by atoms with Crippen molar-refractivity contribution >= 4 is 0 Å². The van der Waals surface area contributed by atoms with Crippen molar-refractivity contribution in [3.63, 3.8) is 0 Å². The molecule has 4 unspecified atom stereocenters. The molecule has 0 radical (unpaired) electrons. The van der Waals surface area contributed by atoms with Crippen LogP contribution in [0.15, 0.2) is 0 Å². The molecule has 0 aromatic rings. The lowest BCUT2D eigenvalue weighted by Crippen LogP contribution is -2.55. The molecule has 1 saturated heterocycles. The molecule has 1 fully saturated rings. The van der Waals surface area contributed by atoms with E-state index in [0.29, 0.717) is 6.04 Å². The number of piperidine rings is 1. The summed E-state index contributed by atoms with van der Waals surface area (Å²) >= 11 is 0. The molecule has 4 atom stereocenters. The second-order valence-electron chi connectivity index (χ2n) is 6.55. The van der Waals surface area contributed by atoms with E-state index in [9.17, 15) is 0 Å². The molecule has 1 rings (SSSR count). The lowest BCUT2D eigenvalue weighted by Gasteiger charge is -2.45. The van der Waals surface area contributed by atoms with Gasteiger partial charge in [0.05, 0.1) is 0 Å². The average molecular weight is 268 g/mol. The fraction of sp³-hybridized carbons (Fsp3) is 1.00. The van der Waals surface area contributed by atoms with E-state index in [4.69, 9.17) is 0 Å². The van der Waals surface area contributed by atoms with Crippen molar-refractivity contribution in [3.8, 4) is 0 Å². The van der Waals surface area contributed by atoms with Crippen molar-refractivity contribution in [3.05, 3.63) is 0 Å². The Morgan fingerprint density at radius 3 is 2.42 bits per heavy atom. The molecule has 114 valence electrons. The molecule has 1 heterocycles. The van der Waals surface area contributed by atoms with E-state index in [0.717, 1.165) is 18.0 Å². The van der Waals surface area contributed by atoms with Crippen LogP contribution < -0.4 is 5.32 Å². The zero-order chi connectivity index (χ0) is 14.3. The quantitative estimate of drug-likeness (QED) is 0.714. The Labute approximate surface area is 121 Å². The fourth-order valence-corrected chi connectivity index (χ4v) is 3.61. The van der Waals surface area contributed by atoms with E-state index in [1.54, 1.807) is 0 Å². The van der Waals surface area contributed by atoms with Crippen LogP contribution in [-0.2, 0) is 0 Å². The highest BCUT2D eigenvalue weighted by Crippen LogP contribution is 2.26. The molecular weight excluding hydrogens is 232 g/mol. The summed E-state index contributed by atoms with van der Waals surface area (Å²) in [4.78, 5) is 2.80. The largest absolute Gasteiger partial charge is 0.312 e. The minimum atomic E-state index is 0.683. The third-order valence-electron chi connectivity index (χ3n) is 4.73. The number of nitrogens with one attached hydrogen (secondary N) is 1. The predicted octanol–water partition coefficient (Wildman–Crippen LogP) is 4.05. The van der Waals surface area contributed by atoms with Gasteiger partial charge >= 0.3 is 0 Å². The van der Waals surface area contributed by atoms with Crippen molar-refractivity contribution in [1.29, 1.82) is 0 Å². The summed E-state index contributed by atoms with van der Waals surface area (Å²) in [5.41, 5.74) is 0. The van der Waals surface area contributed by atoms with Crippen LogP contribution in [0.4, 0.5) is 0 Å². The molecule has 1 N–H and O–H groups in total. The van der Waals surface area contributed by atoms with Crippen LogP contribution in [0.3, 0.4) is 0 Å². The third kappa shape index (κ3) is 5.07. The van der Waals surface area contributed by atoms with Gasteiger partial charge in [0.1, 0.15) is 0 Å². The van der Waals surface area contributed by atoms with Crippen molar-refractivity contribution in [2.24, 2.45) is 5.92 Å². The van der Waals surface area contributed by atoms with Gasteiger partial charge in [0.2, 0.25) is 0 Å². The van der Waals surface area contributed by atoms with Crippen molar-refractivity contribution in [2.45, 2.75) is 91.3 Å². The van der Waals surface area contributed by atoms with Gasteiger partial charge in [-0.2, -0.15) is 0 Å². The Kier molecular flexibility index (Phi) is 8.01. The first-order valence-electron chi connectivity index (χ1n) is 8.63. The number of nitrogens with zero attached hydrogens (tertiary/aromatic N) is 1. The third-order valence-corrected chi connectivity index (χ3v) is 4.73. The summed E-state index contributed by atoms with van der Waals surface area (Å²) in [6.07, 6.45) is 7.91. The standard InChI is InChI=1S/C17H36N2/c1-6-9-16(18-12-7-2)17(8-3)19-13-14(4)10-11-15(19)5/h14-18H,6-13H2,1-5H3. The van der Waals surface area contributed by atoms with E-state index in [1.165, 1.54) is 51.6 Å². The van der Waals surface area contributed by atoms with Crippen LogP contribution >= 0.6 is 0 Å². The molecule has 0 spiro atoms. The van der Waals surface area contributed by atoms with Gasteiger partial charge in [-0.25, -0.2) is 0 Å². The van der Waals surface area contributed by atoms with Crippen LogP contribution in [0.2, 0.25) is 0 Å². The van der Waals surface area contributed by atoms with Gasteiger partial charge in [0.25, 0.3) is 0 Å². The molecule has 0 saturated carbocycles. The maximum atomic E-state index is 3.81. The second kappa shape index (κ2) is 8.97. The normalized spacial score (nSPS) is 28.3. The van der Waals surface area contributed by atoms with Crippen LogP contribution in [0.1, 0.15) is 73.1 Å². The molecule has 0 aromatic carbocycles. The van der Waals surface area contributed by atoms with E-state index in [1.807, 2.05) is 0 Å². The summed E-state index contributed by atoms with van der Waals surface area (Å²) in [5, 5.41) is 3.81. The Morgan fingerprint density at radius 1 is 1.11 bits per heavy atom. The van der Waals surface area contributed by atoms with Gasteiger partial charge in [-0.3, -0.25) is 4.90 Å². The maximum absolute atomic E-state index is 3.81. The average Bonchev–Trinajstić information content (AvgIpc) is 2.40. The van der Waals surface area contributed by atoms with Crippen LogP contribution in [0, 0.1) is 5.92 Å². The molecule has 0 aliphatic carbocycles. The molecule has 0 bridgehead atoms. The molecule has 2 heteroatoms. The van der Waals surface area contributed by atoms with Crippen molar-refractivity contribution < 1.29 is 0 Å². The van der Waals surface area contributed by atoms with Gasteiger partial charge < -0.3 is 5.32 Å². The summed E-state index contributed by atoms with van der Waals surface area (Å²) in [7, 11) is 0. The first kappa shape index (κ1) is 17.0. The number of likely N-dealkylation sites (tertiary alicyclic amines) is 1. The highest BCUT2D eigenvalue weighted by atomic mass is 15.2. The summed E-state index contributed by atoms with van der Waals surface area (Å²) < 4.78 is 0. The summed E-state index contributed by atoms with van der Waals surface area (Å²) in [6.45, 7) is 14.3. The monoisotopic (exact) mass is 268 g/mol. The highest BCUT2D eigenvalue weighted by molar-refractivity contribution is 4.89. The van der Waals surface area contributed by atoms with E-state index >= 15 is 0 Å². The van der Waals surface area contributed by atoms with E-state index < -0.39 is 0 Å². The van der Waals surface area contributed by atoms with E-state index in [2.05, 4.69) is 44.8 Å². The molecule has 1 aliphatic heterocycles. The first-order chi connectivity index (χ1) is 9.13. The fourth-order valence-electron chi connectivity index (χ4n) is 3.61. The van der Waals surface area contributed by atoms with Gasteiger partial charge in [0, 0.05) is 24.7 Å². The smallest absolute Gasteiger partial charge is 0.0249 e. The van der Waals surface area contributed by atoms with Gasteiger partial charge in [-0.15, -0.1) is 0 Å². The van der Waals surface area contributed by atoms with Gasteiger partial charge in [-0.05, 0) is 51.5 Å². The number of hydrogen-bond acceptors (Lipinski definition) is 2. The predicted molar refractivity (Wildman–Crippen MR) is 85.6 cm³/mol. The SMILES string of the molecule is CCCNC(CCC)C(CC)N1CC(C)CCC1C. The van der Waals surface area contributed by atoms with Gasteiger partial charge in [0.15, 0.2) is 0 Å². The molecule has 0 aromatic heterocycles. The topological polar surface area (TPSA) is 15.3 Å². The first-order valence-corrected chi connectivity index (χ1v) is 8.63. The molecule has 2 nitrogen and oxygen atoms in total. The lowest BCUT2D eigenvalue weighted by molar-refractivity contribution is 0.0527. The Hall–Kier alpha value is -0.0800. The summed E-state index contributed by atoms with van der Waals surface area (Å²) in [5.74, 6) is 0.874. The Morgan fingerprint density at radius 2 is 1.84 bits per heavy atom. The molecular formula is C17H36N2. The van der Waals surface area contributed by atoms with Gasteiger partial charge in [-0.1, -0.05) is 34.1 Å². The zero-order valence-corrected chi connectivity index (χ0v) is 13.9. The van der Waals surface area contributed by atoms with Crippen LogP contribution in [-0.4, -0.2) is 36.1 Å². The Balaban J connectivity index is 2.69. The van der Waals surface area contributed by atoms with Crippen LogP contribution in [0.5, 0.6) is 0 Å². The summed E-state index contributed by atoms with van der Waals surface area (Å²) in [6, 6.07) is 2.18.